The number of esters is 1. The minimum atomic E-state index is -0.598. The molecule has 6 heteroatoms. The lowest BCUT2D eigenvalue weighted by Crippen LogP contribution is -2.06. The van der Waals surface area contributed by atoms with Crippen LogP contribution in [0.25, 0.3) is 10.6 Å². The first-order valence-electron chi connectivity index (χ1n) is 6.25. The van der Waals surface area contributed by atoms with E-state index in [1.165, 1.54) is 25.4 Å². The van der Waals surface area contributed by atoms with Crippen LogP contribution in [-0.2, 0) is 16.1 Å². The molecule has 2 aromatic rings. The highest BCUT2D eigenvalue weighted by atomic mass is 32.1. The van der Waals surface area contributed by atoms with Gasteiger partial charge < -0.3 is 9.47 Å². The van der Waals surface area contributed by atoms with Crippen LogP contribution in [0, 0.1) is 0 Å². The molecule has 0 saturated carbocycles. The zero-order valence-corrected chi connectivity index (χ0v) is 12.8. The van der Waals surface area contributed by atoms with Gasteiger partial charge in [0.2, 0.25) is 0 Å². The van der Waals surface area contributed by atoms with E-state index in [9.17, 15) is 9.59 Å². The molecule has 0 aliphatic carbocycles. The average molecular weight is 305 g/mol. The first-order valence-corrected chi connectivity index (χ1v) is 7.06. The van der Waals surface area contributed by atoms with Gasteiger partial charge in [0.05, 0.1) is 13.7 Å². The molecule has 0 atom stereocenters. The van der Waals surface area contributed by atoms with Crippen molar-refractivity contribution < 1.29 is 19.1 Å². The summed E-state index contributed by atoms with van der Waals surface area (Å²) in [4.78, 5) is 27.8. The summed E-state index contributed by atoms with van der Waals surface area (Å²) >= 11 is 1.19. The van der Waals surface area contributed by atoms with Crippen LogP contribution in [0.5, 0.6) is 0 Å². The number of thiazole rings is 1. The third-order valence-electron chi connectivity index (χ3n) is 2.84. The van der Waals surface area contributed by atoms with Gasteiger partial charge in [0.15, 0.2) is 11.5 Å². The van der Waals surface area contributed by atoms with Gasteiger partial charge in [-0.05, 0) is 5.56 Å². The summed E-state index contributed by atoms with van der Waals surface area (Å²) < 4.78 is 9.72. The highest BCUT2D eigenvalue weighted by Crippen LogP contribution is 2.29. The first-order chi connectivity index (χ1) is 10.1. The SMILES string of the molecule is COCc1ccc(-c2nc(C(=O)OC)c(C(C)=O)s2)cc1. The summed E-state index contributed by atoms with van der Waals surface area (Å²) in [6, 6.07) is 7.62. The Hall–Kier alpha value is -2.05. The van der Waals surface area contributed by atoms with Crippen molar-refractivity contribution in [3.05, 3.63) is 40.4 Å². The van der Waals surface area contributed by atoms with E-state index in [1.807, 2.05) is 24.3 Å². The Morgan fingerprint density at radius 1 is 1.19 bits per heavy atom. The Balaban J connectivity index is 2.40. The topological polar surface area (TPSA) is 65.5 Å². The number of nitrogens with zero attached hydrogens (tertiary/aromatic N) is 1. The Morgan fingerprint density at radius 2 is 1.86 bits per heavy atom. The maximum atomic E-state index is 11.7. The van der Waals surface area contributed by atoms with Crippen molar-refractivity contribution >= 4 is 23.1 Å². The molecule has 0 bridgehead atoms. The lowest BCUT2D eigenvalue weighted by atomic mass is 10.1. The Morgan fingerprint density at radius 3 is 2.38 bits per heavy atom. The Bertz CT molecular complexity index is 661. The summed E-state index contributed by atoms with van der Waals surface area (Å²) in [5.41, 5.74) is 1.96. The molecule has 2 rings (SSSR count). The highest BCUT2D eigenvalue weighted by Gasteiger charge is 2.22. The van der Waals surface area contributed by atoms with Gasteiger partial charge >= 0.3 is 5.97 Å². The average Bonchev–Trinajstić information content (AvgIpc) is 2.93. The van der Waals surface area contributed by atoms with Gasteiger partial charge in [-0.25, -0.2) is 9.78 Å². The smallest absolute Gasteiger partial charge is 0.358 e. The molecule has 1 heterocycles. The molecule has 1 aromatic carbocycles. The maximum absolute atomic E-state index is 11.7. The number of methoxy groups -OCH3 is 2. The predicted octanol–water partition coefficient (Wildman–Crippen LogP) is 2.95. The number of Topliss-reactive ketones (excluding diaryl/α,β-unsaturated/α-hetero) is 1. The molecule has 0 amide bonds. The third kappa shape index (κ3) is 3.34. The largest absolute Gasteiger partial charge is 0.464 e. The maximum Gasteiger partial charge on any atom is 0.358 e. The summed E-state index contributed by atoms with van der Waals surface area (Å²) in [7, 11) is 2.90. The molecule has 5 nitrogen and oxygen atoms in total. The second-order valence-electron chi connectivity index (χ2n) is 4.37. The molecule has 0 N–H and O–H groups in total. The number of ether oxygens (including phenoxy) is 2. The van der Waals surface area contributed by atoms with Gasteiger partial charge in [0.1, 0.15) is 9.88 Å². The fourth-order valence-electron chi connectivity index (χ4n) is 1.83. The van der Waals surface area contributed by atoms with Crippen molar-refractivity contribution in [1.29, 1.82) is 0 Å². The number of carbonyl (C=O) groups is 2. The number of aromatic nitrogens is 1. The quantitative estimate of drug-likeness (QED) is 0.627. The molecule has 0 aliphatic rings. The van der Waals surface area contributed by atoms with Crippen molar-refractivity contribution in [3.63, 3.8) is 0 Å². The van der Waals surface area contributed by atoms with Gasteiger partial charge in [-0.3, -0.25) is 4.79 Å². The van der Waals surface area contributed by atoms with E-state index in [-0.39, 0.29) is 11.5 Å². The second-order valence-corrected chi connectivity index (χ2v) is 5.37. The molecule has 0 spiro atoms. The monoisotopic (exact) mass is 305 g/mol. The Labute approximate surface area is 126 Å². The van der Waals surface area contributed by atoms with E-state index in [4.69, 9.17) is 4.74 Å². The fourth-order valence-corrected chi connectivity index (χ4v) is 2.78. The van der Waals surface area contributed by atoms with Gasteiger partial charge in [0, 0.05) is 19.6 Å². The lowest BCUT2D eigenvalue weighted by molar-refractivity contribution is 0.0591. The number of hydrogen-bond acceptors (Lipinski definition) is 6. The lowest BCUT2D eigenvalue weighted by Gasteiger charge is -2.00. The standard InChI is InChI=1S/C15H15NO4S/c1-9(17)13-12(15(18)20-3)16-14(21-13)11-6-4-10(5-7-11)8-19-2/h4-7H,8H2,1-3H3. The summed E-state index contributed by atoms with van der Waals surface area (Å²) in [6.07, 6.45) is 0. The van der Waals surface area contributed by atoms with E-state index in [1.54, 1.807) is 7.11 Å². The van der Waals surface area contributed by atoms with E-state index in [0.717, 1.165) is 11.1 Å². The summed E-state index contributed by atoms with van der Waals surface area (Å²) in [6.45, 7) is 1.94. The van der Waals surface area contributed by atoms with Crippen LogP contribution >= 0.6 is 11.3 Å². The van der Waals surface area contributed by atoms with Crippen molar-refractivity contribution in [1.82, 2.24) is 4.98 Å². The van der Waals surface area contributed by atoms with Gasteiger partial charge in [-0.15, -0.1) is 11.3 Å². The number of benzene rings is 1. The highest BCUT2D eigenvalue weighted by molar-refractivity contribution is 7.17. The normalized spacial score (nSPS) is 10.4. The predicted molar refractivity (Wildman–Crippen MR) is 79.6 cm³/mol. The second kappa shape index (κ2) is 6.60. The number of hydrogen-bond donors (Lipinski definition) is 0. The van der Waals surface area contributed by atoms with E-state index >= 15 is 0 Å². The molecule has 110 valence electrons. The van der Waals surface area contributed by atoms with Crippen LogP contribution in [0.15, 0.2) is 24.3 Å². The molecule has 0 radical (unpaired) electrons. The van der Waals surface area contributed by atoms with Crippen molar-refractivity contribution in [2.75, 3.05) is 14.2 Å². The van der Waals surface area contributed by atoms with Crippen LogP contribution in [0.2, 0.25) is 0 Å². The van der Waals surface area contributed by atoms with E-state index < -0.39 is 5.97 Å². The first kappa shape index (κ1) is 15.3. The number of carbonyl (C=O) groups excluding carboxylic acids is 2. The molecule has 1 aromatic heterocycles. The van der Waals surface area contributed by atoms with Crippen molar-refractivity contribution in [3.8, 4) is 10.6 Å². The van der Waals surface area contributed by atoms with E-state index in [0.29, 0.717) is 16.5 Å². The minimum absolute atomic E-state index is 0.0750. The summed E-state index contributed by atoms with van der Waals surface area (Å²) in [5.74, 6) is -0.797. The zero-order valence-electron chi connectivity index (χ0n) is 12.0. The third-order valence-corrected chi connectivity index (χ3v) is 4.04. The van der Waals surface area contributed by atoms with Crippen LogP contribution in [0.1, 0.15) is 32.6 Å². The minimum Gasteiger partial charge on any atom is -0.464 e. The molecular weight excluding hydrogens is 290 g/mol. The van der Waals surface area contributed by atoms with Crippen LogP contribution in [0.4, 0.5) is 0 Å². The number of rotatable bonds is 5. The molecular formula is C15H15NO4S. The molecule has 0 aliphatic heterocycles. The van der Waals surface area contributed by atoms with Crippen molar-refractivity contribution in [2.45, 2.75) is 13.5 Å². The van der Waals surface area contributed by atoms with Gasteiger partial charge in [0.25, 0.3) is 0 Å². The number of ketones is 1. The van der Waals surface area contributed by atoms with Crippen LogP contribution in [0.3, 0.4) is 0 Å². The van der Waals surface area contributed by atoms with Crippen LogP contribution < -0.4 is 0 Å². The molecule has 0 unspecified atom stereocenters. The molecule has 0 fully saturated rings. The van der Waals surface area contributed by atoms with Gasteiger partial charge in [-0.1, -0.05) is 24.3 Å². The summed E-state index contributed by atoms with van der Waals surface area (Å²) in [5, 5.41) is 0.615. The Kier molecular flexibility index (Phi) is 4.82. The fraction of sp³-hybridized carbons (Fsp3) is 0.267. The van der Waals surface area contributed by atoms with Crippen molar-refractivity contribution in [2.24, 2.45) is 0 Å². The van der Waals surface area contributed by atoms with E-state index in [2.05, 4.69) is 9.72 Å². The van der Waals surface area contributed by atoms with Gasteiger partial charge in [-0.2, -0.15) is 0 Å². The van der Waals surface area contributed by atoms with Crippen LogP contribution in [-0.4, -0.2) is 31.0 Å². The molecule has 0 saturated heterocycles. The zero-order chi connectivity index (χ0) is 15.4. The molecule has 21 heavy (non-hydrogen) atoms.